The standard InChI is InChI=1S/C13H13FO4/c14-10-8(13(12(15)16)4-1-5-13)2-3-9-11(10)18-7-6-17-9/h2-3H,1,4-7H2,(H,15,16). The van der Waals surface area contributed by atoms with Crippen LogP contribution in [0, 0.1) is 5.82 Å². The van der Waals surface area contributed by atoms with Crippen LogP contribution in [0.15, 0.2) is 12.1 Å². The van der Waals surface area contributed by atoms with Crippen molar-refractivity contribution in [2.75, 3.05) is 13.2 Å². The summed E-state index contributed by atoms with van der Waals surface area (Å²) in [5, 5.41) is 9.33. The number of benzene rings is 1. The van der Waals surface area contributed by atoms with Gasteiger partial charge in [-0.1, -0.05) is 12.5 Å². The lowest BCUT2D eigenvalue weighted by Crippen LogP contribution is -2.43. The molecule has 1 aliphatic heterocycles. The van der Waals surface area contributed by atoms with Crippen LogP contribution in [0.5, 0.6) is 11.5 Å². The molecule has 18 heavy (non-hydrogen) atoms. The van der Waals surface area contributed by atoms with Crippen molar-refractivity contribution in [3.63, 3.8) is 0 Å². The van der Waals surface area contributed by atoms with Crippen molar-refractivity contribution in [1.29, 1.82) is 0 Å². The maximum atomic E-state index is 14.4. The maximum absolute atomic E-state index is 14.4. The maximum Gasteiger partial charge on any atom is 0.314 e. The van der Waals surface area contributed by atoms with E-state index in [1.165, 1.54) is 6.07 Å². The zero-order chi connectivity index (χ0) is 12.8. The Morgan fingerprint density at radius 3 is 2.61 bits per heavy atom. The molecule has 1 aliphatic carbocycles. The van der Waals surface area contributed by atoms with Gasteiger partial charge in [-0.05, 0) is 18.9 Å². The second-order valence-corrected chi connectivity index (χ2v) is 4.69. The first kappa shape index (κ1) is 11.3. The Morgan fingerprint density at radius 1 is 1.28 bits per heavy atom. The molecule has 0 saturated heterocycles. The van der Waals surface area contributed by atoms with Gasteiger partial charge in [0, 0.05) is 5.56 Å². The van der Waals surface area contributed by atoms with Crippen LogP contribution in [0.4, 0.5) is 4.39 Å². The Kier molecular flexibility index (Phi) is 2.43. The Balaban J connectivity index is 2.10. The molecule has 0 unspecified atom stereocenters. The highest BCUT2D eigenvalue weighted by atomic mass is 19.1. The minimum absolute atomic E-state index is 0.0475. The molecule has 1 heterocycles. The second kappa shape index (κ2) is 3.86. The van der Waals surface area contributed by atoms with Gasteiger partial charge in [0.2, 0.25) is 0 Å². The van der Waals surface area contributed by atoms with E-state index >= 15 is 0 Å². The molecule has 0 spiro atoms. The molecule has 1 fully saturated rings. The fraction of sp³-hybridized carbons (Fsp3) is 0.462. The number of hydrogen-bond donors (Lipinski definition) is 1. The molecule has 0 bridgehead atoms. The number of hydrogen-bond acceptors (Lipinski definition) is 3. The van der Waals surface area contributed by atoms with Crippen molar-refractivity contribution in [1.82, 2.24) is 0 Å². The summed E-state index contributed by atoms with van der Waals surface area (Å²) in [6.07, 6.45) is 1.75. The number of aliphatic carboxylic acids is 1. The van der Waals surface area contributed by atoms with E-state index in [1.807, 2.05) is 0 Å². The quantitative estimate of drug-likeness (QED) is 0.875. The van der Waals surface area contributed by atoms with Crippen LogP contribution in [-0.4, -0.2) is 24.3 Å². The molecule has 0 aromatic heterocycles. The average Bonchev–Trinajstić information content (AvgIpc) is 2.30. The molecule has 1 N–H and O–H groups in total. The van der Waals surface area contributed by atoms with Crippen LogP contribution in [0.1, 0.15) is 24.8 Å². The molecule has 1 saturated carbocycles. The first-order chi connectivity index (χ1) is 8.65. The summed E-state index contributed by atoms with van der Waals surface area (Å²) in [7, 11) is 0. The third-order valence-electron chi connectivity index (χ3n) is 3.78. The van der Waals surface area contributed by atoms with Crippen molar-refractivity contribution in [2.45, 2.75) is 24.7 Å². The highest BCUT2D eigenvalue weighted by molar-refractivity contribution is 5.83. The van der Waals surface area contributed by atoms with E-state index in [-0.39, 0.29) is 17.9 Å². The monoisotopic (exact) mass is 252 g/mol. The molecule has 0 amide bonds. The second-order valence-electron chi connectivity index (χ2n) is 4.69. The summed E-state index contributed by atoms with van der Waals surface area (Å²) < 4.78 is 24.9. The molecule has 5 heteroatoms. The van der Waals surface area contributed by atoms with Crippen LogP contribution in [0.3, 0.4) is 0 Å². The number of carboxylic acid groups (broad SMARTS) is 1. The van der Waals surface area contributed by atoms with E-state index in [4.69, 9.17) is 9.47 Å². The molecule has 1 aromatic carbocycles. The Bertz CT molecular complexity index is 508. The van der Waals surface area contributed by atoms with E-state index in [1.54, 1.807) is 6.07 Å². The van der Waals surface area contributed by atoms with Gasteiger partial charge in [0.1, 0.15) is 13.2 Å². The van der Waals surface area contributed by atoms with Gasteiger partial charge >= 0.3 is 5.97 Å². The van der Waals surface area contributed by atoms with E-state index in [0.29, 0.717) is 25.2 Å². The molecule has 3 rings (SSSR count). The van der Waals surface area contributed by atoms with Crippen molar-refractivity contribution >= 4 is 5.97 Å². The minimum Gasteiger partial charge on any atom is -0.486 e. The number of halogens is 1. The van der Waals surface area contributed by atoms with Crippen LogP contribution in [0.2, 0.25) is 0 Å². The van der Waals surface area contributed by atoms with Crippen LogP contribution in [0.25, 0.3) is 0 Å². The number of carbonyl (C=O) groups is 1. The molecular weight excluding hydrogens is 239 g/mol. The highest BCUT2D eigenvalue weighted by Gasteiger charge is 2.48. The van der Waals surface area contributed by atoms with Gasteiger partial charge in [0.15, 0.2) is 17.3 Å². The van der Waals surface area contributed by atoms with E-state index in [2.05, 4.69) is 0 Å². The molecule has 1 aromatic rings. The van der Waals surface area contributed by atoms with Crippen molar-refractivity contribution in [2.24, 2.45) is 0 Å². The molecule has 4 nitrogen and oxygen atoms in total. The van der Waals surface area contributed by atoms with Gasteiger partial charge in [-0.3, -0.25) is 4.79 Å². The van der Waals surface area contributed by atoms with Gasteiger partial charge in [0.05, 0.1) is 5.41 Å². The Morgan fingerprint density at radius 2 is 2.00 bits per heavy atom. The third-order valence-corrected chi connectivity index (χ3v) is 3.78. The van der Waals surface area contributed by atoms with Crippen LogP contribution >= 0.6 is 0 Å². The highest BCUT2D eigenvalue weighted by Crippen LogP contribution is 2.48. The molecule has 0 atom stereocenters. The number of ether oxygens (including phenoxy) is 2. The lowest BCUT2D eigenvalue weighted by Gasteiger charge is -2.38. The lowest BCUT2D eigenvalue weighted by atomic mass is 9.64. The largest absolute Gasteiger partial charge is 0.486 e. The number of carboxylic acids is 1. The van der Waals surface area contributed by atoms with E-state index < -0.39 is 17.2 Å². The summed E-state index contributed by atoms with van der Waals surface area (Å²) in [4.78, 5) is 11.4. The molecule has 0 radical (unpaired) electrons. The number of rotatable bonds is 2. The fourth-order valence-electron chi connectivity index (χ4n) is 2.58. The van der Waals surface area contributed by atoms with Gasteiger partial charge in [0.25, 0.3) is 0 Å². The summed E-state index contributed by atoms with van der Waals surface area (Å²) in [6, 6.07) is 3.10. The molecule has 2 aliphatic rings. The molecule has 96 valence electrons. The topological polar surface area (TPSA) is 55.8 Å². The van der Waals surface area contributed by atoms with E-state index in [0.717, 1.165) is 6.42 Å². The van der Waals surface area contributed by atoms with Crippen molar-refractivity contribution < 1.29 is 23.8 Å². The fourth-order valence-corrected chi connectivity index (χ4v) is 2.58. The lowest BCUT2D eigenvalue weighted by molar-refractivity contribution is -0.147. The zero-order valence-corrected chi connectivity index (χ0v) is 9.74. The predicted octanol–water partition coefficient (Wildman–Crippen LogP) is 2.10. The smallest absolute Gasteiger partial charge is 0.314 e. The van der Waals surface area contributed by atoms with Crippen molar-refractivity contribution in [3.8, 4) is 11.5 Å². The average molecular weight is 252 g/mol. The van der Waals surface area contributed by atoms with E-state index in [9.17, 15) is 14.3 Å². The molecular formula is C13H13FO4. The first-order valence-electron chi connectivity index (χ1n) is 5.97. The van der Waals surface area contributed by atoms with Gasteiger partial charge in [-0.15, -0.1) is 0 Å². The van der Waals surface area contributed by atoms with Crippen molar-refractivity contribution in [3.05, 3.63) is 23.5 Å². The SMILES string of the molecule is O=C(O)C1(c2ccc3c(c2F)OCCO3)CCC1. The third kappa shape index (κ3) is 1.39. The van der Waals surface area contributed by atoms with Crippen LogP contribution in [-0.2, 0) is 10.2 Å². The predicted molar refractivity (Wildman–Crippen MR) is 60.6 cm³/mol. The van der Waals surface area contributed by atoms with Gasteiger partial charge in [-0.2, -0.15) is 0 Å². The zero-order valence-electron chi connectivity index (χ0n) is 9.74. The Hall–Kier alpha value is -1.78. The van der Waals surface area contributed by atoms with Gasteiger partial charge < -0.3 is 14.6 Å². The van der Waals surface area contributed by atoms with Gasteiger partial charge in [-0.25, -0.2) is 4.39 Å². The number of fused-ring (bicyclic) bond motifs is 1. The Labute approximate surface area is 103 Å². The summed E-state index contributed by atoms with van der Waals surface area (Å²) in [6.45, 7) is 0.670. The minimum atomic E-state index is -1.08. The summed E-state index contributed by atoms with van der Waals surface area (Å²) in [5.41, 5.74) is -0.870. The summed E-state index contributed by atoms with van der Waals surface area (Å²) in [5.74, 6) is -1.16. The van der Waals surface area contributed by atoms with Crippen LogP contribution < -0.4 is 9.47 Å². The normalized spacial score (nSPS) is 20.1. The summed E-state index contributed by atoms with van der Waals surface area (Å²) >= 11 is 0. The first-order valence-corrected chi connectivity index (χ1v) is 5.97.